The van der Waals surface area contributed by atoms with Crippen molar-refractivity contribution in [3.63, 3.8) is 0 Å². The highest BCUT2D eigenvalue weighted by molar-refractivity contribution is 6.31. The molecule has 0 bridgehead atoms. The standard InChI is InChI=1S/C14H19ClN2O3/c1-4-14(5-2,12(18)19)17-13(20)16-10-7-6-9(3)11(15)8-10/h6-8H,4-5H2,1-3H3,(H,18,19)(H2,16,17,20). The van der Waals surface area contributed by atoms with Crippen LogP contribution in [-0.4, -0.2) is 22.6 Å². The normalized spacial score (nSPS) is 11.0. The van der Waals surface area contributed by atoms with Crippen LogP contribution in [0.15, 0.2) is 18.2 Å². The maximum atomic E-state index is 11.9. The zero-order chi connectivity index (χ0) is 15.3. The number of carboxylic acid groups (broad SMARTS) is 1. The molecule has 6 heteroatoms. The zero-order valence-corrected chi connectivity index (χ0v) is 12.5. The number of carbonyl (C=O) groups excluding carboxylic acids is 1. The number of hydrogen-bond acceptors (Lipinski definition) is 2. The van der Waals surface area contributed by atoms with Crippen LogP contribution in [0.2, 0.25) is 5.02 Å². The highest BCUT2D eigenvalue weighted by Crippen LogP contribution is 2.20. The van der Waals surface area contributed by atoms with Gasteiger partial charge in [-0.3, -0.25) is 0 Å². The summed E-state index contributed by atoms with van der Waals surface area (Å²) < 4.78 is 0. The highest BCUT2D eigenvalue weighted by atomic mass is 35.5. The maximum absolute atomic E-state index is 11.9. The van der Waals surface area contributed by atoms with Gasteiger partial charge in [-0.1, -0.05) is 31.5 Å². The average Bonchev–Trinajstić information content (AvgIpc) is 2.40. The van der Waals surface area contributed by atoms with Gasteiger partial charge < -0.3 is 15.7 Å². The molecule has 0 spiro atoms. The first kappa shape index (κ1) is 16.3. The van der Waals surface area contributed by atoms with Crippen LogP contribution in [0, 0.1) is 6.92 Å². The Morgan fingerprint density at radius 1 is 1.30 bits per heavy atom. The van der Waals surface area contributed by atoms with E-state index in [9.17, 15) is 14.7 Å². The predicted octanol–water partition coefficient (Wildman–Crippen LogP) is 3.41. The predicted molar refractivity (Wildman–Crippen MR) is 79.3 cm³/mol. The number of aryl methyl sites for hydroxylation is 1. The molecule has 1 rings (SSSR count). The molecule has 0 aliphatic heterocycles. The van der Waals surface area contributed by atoms with Crippen molar-refractivity contribution in [2.45, 2.75) is 39.2 Å². The summed E-state index contributed by atoms with van der Waals surface area (Å²) in [5.41, 5.74) is 0.169. The van der Waals surface area contributed by atoms with Gasteiger partial charge in [-0.2, -0.15) is 0 Å². The second kappa shape index (κ2) is 6.61. The Labute approximate surface area is 123 Å². The van der Waals surface area contributed by atoms with Crippen LogP contribution in [-0.2, 0) is 4.79 Å². The zero-order valence-electron chi connectivity index (χ0n) is 11.8. The Kier molecular flexibility index (Phi) is 5.39. The van der Waals surface area contributed by atoms with E-state index >= 15 is 0 Å². The van der Waals surface area contributed by atoms with Crippen LogP contribution in [0.1, 0.15) is 32.3 Å². The fourth-order valence-corrected chi connectivity index (χ4v) is 2.01. The van der Waals surface area contributed by atoms with E-state index in [4.69, 9.17) is 11.6 Å². The maximum Gasteiger partial charge on any atom is 0.329 e. The third-order valence-electron chi connectivity index (χ3n) is 3.40. The van der Waals surface area contributed by atoms with Crippen LogP contribution < -0.4 is 10.6 Å². The third-order valence-corrected chi connectivity index (χ3v) is 3.81. The molecule has 1 aromatic rings. The van der Waals surface area contributed by atoms with Gasteiger partial charge in [0.15, 0.2) is 0 Å². The summed E-state index contributed by atoms with van der Waals surface area (Å²) in [4.78, 5) is 23.2. The quantitative estimate of drug-likeness (QED) is 0.779. The van der Waals surface area contributed by atoms with Crippen LogP contribution in [0.3, 0.4) is 0 Å². The summed E-state index contributed by atoms with van der Waals surface area (Å²) in [5, 5.41) is 14.9. The lowest BCUT2D eigenvalue weighted by molar-refractivity contribution is -0.144. The molecule has 0 aliphatic carbocycles. The monoisotopic (exact) mass is 298 g/mol. The summed E-state index contributed by atoms with van der Waals surface area (Å²) >= 11 is 5.97. The molecule has 2 amide bonds. The Morgan fingerprint density at radius 3 is 2.35 bits per heavy atom. The molecule has 5 nitrogen and oxygen atoms in total. The van der Waals surface area contributed by atoms with Gasteiger partial charge in [0.25, 0.3) is 0 Å². The lowest BCUT2D eigenvalue weighted by Crippen LogP contribution is -2.54. The van der Waals surface area contributed by atoms with Gasteiger partial charge in [-0.25, -0.2) is 9.59 Å². The molecule has 0 aromatic heterocycles. The van der Waals surface area contributed by atoms with E-state index in [1.165, 1.54) is 0 Å². The van der Waals surface area contributed by atoms with E-state index in [-0.39, 0.29) is 0 Å². The Balaban J connectivity index is 2.80. The molecular weight excluding hydrogens is 280 g/mol. The van der Waals surface area contributed by atoms with Crippen LogP contribution in [0.4, 0.5) is 10.5 Å². The Bertz CT molecular complexity index is 513. The minimum absolute atomic E-state index is 0.306. The van der Waals surface area contributed by atoms with Crippen molar-refractivity contribution in [1.82, 2.24) is 5.32 Å². The number of aliphatic carboxylic acids is 1. The van der Waals surface area contributed by atoms with Crippen molar-refractivity contribution < 1.29 is 14.7 Å². The number of urea groups is 1. The van der Waals surface area contributed by atoms with Crippen LogP contribution in [0.5, 0.6) is 0 Å². The number of hydrogen-bond donors (Lipinski definition) is 3. The molecule has 0 heterocycles. The summed E-state index contributed by atoms with van der Waals surface area (Å²) in [5.74, 6) is -1.04. The molecule has 0 unspecified atom stereocenters. The highest BCUT2D eigenvalue weighted by Gasteiger charge is 2.36. The number of nitrogens with one attached hydrogen (secondary N) is 2. The van der Waals surface area contributed by atoms with Gasteiger partial charge in [0, 0.05) is 10.7 Å². The van der Waals surface area contributed by atoms with Gasteiger partial charge in [0.1, 0.15) is 5.54 Å². The van der Waals surface area contributed by atoms with Crippen molar-refractivity contribution >= 4 is 29.3 Å². The molecule has 0 aliphatic rings. The number of benzene rings is 1. The number of anilines is 1. The number of carboxylic acids is 1. The van der Waals surface area contributed by atoms with E-state index in [0.29, 0.717) is 23.6 Å². The number of halogens is 1. The average molecular weight is 299 g/mol. The fourth-order valence-electron chi connectivity index (χ4n) is 1.83. The lowest BCUT2D eigenvalue weighted by atomic mass is 9.93. The van der Waals surface area contributed by atoms with Crippen LogP contribution in [0.25, 0.3) is 0 Å². The first-order chi connectivity index (χ1) is 9.34. The lowest BCUT2D eigenvalue weighted by Gasteiger charge is -2.28. The first-order valence-corrected chi connectivity index (χ1v) is 6.81. The van der Waals surface area contributed by atoms with E-state index < -0.39 is 17.5 Å². The van der Waals surface area contributed by atoms with Gasteiger partial charge in [0.05, 0.1) is 0 Å². The van der Waals surface area contributed by atoms with Crippen molar-refractivity contribution in [1.29, 1.82) is 0 Å². The summed E-state index contributed by atoms with van der Waals surface area (Å²) in [6, 6.07) is 4.55. The van der Waals surface area contributed by atoms with Crippen LogP contribution >= 0.6 is 11.6 Å². The molecule has 110 valence electrons. The van der Waals surface area contributed by atoms with Crippen molar-refractivity contribution in [3.8, 4) is 0 Å². The van der Waals surface area contributed by atoms with Crippen molar-refractivity contribution in [2.24, 2.45) is 0 Å². The number of amides is 2. The third kappa shape index (κ3) is 3.63. The number of carbonyl (C=O) groups is 2. The molecule has 1 aromatic carbocycles. The molecular formula is C14H19ClN2O3. The Morgan fingerprint density at radius 2 is 1.90 bits per heavy atom. The molecule has 0 radical (unpaired) electrons. The Hall–Kier alpha value is -1.75. The second-order valence-electron chi connectivity index (χ2n) is 4.64. The second-order valence-corrected chi connectivity index (χ2v) is 5.04. The summed E-state index contributed by atoms with van der Waals surface area (Å²) in [6.45, 7) is 5.30. The number of rotatable bonds is 5. The van der Waals surface area contributed by atoms with E-state index in [1.807, 2.05) is 6.92 Å². The largest absolute Gasteiger partial charge is 0.480 e. The molecule has 0 fully saturated rings. The molecule has 3 N–H and O–H groups in total. The van der Waals surface area contributed by atoms with Crippen molar-refractivity contribution in [3.05, 3.63) is 28.8 Å². The topological polar surface area (TPSA) is 78.4 Å². The minimum Gasteiger partial charge on any atom is -0.480 e. The molecule has 0 saturated carbocycles. The molecule has 0 atom stereocenters. The minimum atomic E-state index is -1.25. The molecule has 0 saturated heterocycles. The van der Waals surface area contributed by atoms with E-state index in [0.717, 1.165) is 5.56 Å². The van der Waals surface area contributed by atoms with Gasteiger partial charge in [0.2, 0.25) is 0 Å². The molecule has 20 heavy (non-hydrogen) atoms. The fraction of sp³-hybridized carbons (Fsp3) is 0.429. The summed E-state index contributed by atoms with van der Waals surface area (Å²) in [7, 11) is 0. The smallest absolute Gasteiger partial charge is 0.329 e. The van der Waals surface area contributed by atoms with Gasteiger partial charge >= 0.3 is 12.0 Å². The van der Waals surface area contributed by atoms with E-state index in [1.54, 1.807) is 32.0 Å². The summed E-state index contributed by atoms with van der Waals surface area (Å²) in [6.07, 6.45) is 0.613. The van der Waals surface area contributed by atoms with E-state index in [2.05, 4.69) is 10.6 Å². The van der Waals surface area contributed by atoms with Crippen molar-refractivity contribution in [2.75, 3.05) is 5.32 Å². The van der Waals surface area contributed by atoms with Gasteiger partial charge in [-0.15, -0.1) is 0 Å². The van der Waals surface area contributed by atoms with Gasteiger partial charge in [-0.05, 0) is 37.5 Å². The first-order valence-electron chi connectivity index (χ1n) is 6.43. The SMILES string of the molecule is CCC(CC)(NC(=O)Nc1ccc(C)c(Cl)c1)C(=O)O.